The monoisotopic (exact) mass is 199 g/mol. The van der Waals surface area contributed by atoms with Crippen molar-refractivity contribution < 1.29 is 5.11 Å². The van der Waals surface area contributed by atoms with Crippen LogP contribution in [0.5, 0.6) is 5.75 Å². The van der Waals surface area contributed by atoms with Crippen LogP contribution in [0.1, 0.15) is 12.5 Å². The Kier molecular flexibility index (Phi) is 3.58. The van der Waals surface area contributed by atoms with Gasteiger partial charge in [-0.05, 0) is 32.0 Å². The van der Waals surface area contributed by atoms with E-state index in [1.165, 1.54) is 0 Å². The van der Waals surface area contributed by atoms with E-state index in [-0.39, 0.29) is 5.75 Å². The van der Waals surface area contributed by atoms with Crippen LogP contribution in [0.3, 0.4) is 0 Å². The van der Waals surface area contributed by atoms with Crippen molar-refractivity contribution in [2.24, 2.45) is 0 Å². The molecule has 1 atom stereocenters. The van der Waals surface area contributed by atoms with E-state index in [1.54, 1.807) is 12.1 Å². The Hall–Kier alpha value is -0.730. The number of hydrogen-bond acceptors (Lipinski definition) is 2. The summed E-state index contributed by atoms with van der Waals surface area (Å²) in [5.41, 5.74) is 0.975. The zero-order valence-electron chi connectivity index (χ0n) is 7.84. The molecule has 1 rings (SSSR count). The minimum Gasteiger partial charge on any atom is -0.506 e. The summed E-state index contributed by atoms with van der Waals surface area (Å²) in [5.74, 6) is 0.155. The molecule has 3 heteroatoms. The van der Waals surface area contributed by atoms with Gasteiger partial charge in [0.2, 0.25) is 0 Å². The van der Waals surface area contributed by atoms with Gasteiger partial charge in [0.05, 0.1) is 5.02 Å². The zero-order valence-corrected chi connectivity index (χ0v) is 8.60. The van der Waals surface area contributed by atoms with Crippen LogP contribution in [0.15, 0.2) is 18.2 Å². The van der Waals surface area contributed by atoms with E-state index < -0.39 is 0 Å². The van der Waals surface area contributed by atoms with Crippen molar-refractivity contribution in [2.45, 2.75) is 19.4 Å². The summed E-state index contributed by atoms with van der Waals surface area (Å²) in [6, 6.07) is 5.68. The van der Waals surface area contributed by atoms with Gasteiger partial charge < -0.3 is 10.4 Å². The first-order valence-corrected chi connectivity index (χ1v) is 4.66. The lowest BCUT2D eigenvalue weighted by molar-refractivity contribution is 0.474. The molecule has 1 unspecified atom stereocenters. The van der Waals surface area contributed by atoms with E-state index >= 15 is 0 Å². The van der Waals surface area contributed by atoms with E-state index in [1.807, 2.05) is 13.1 Å². The van der Waals surface area contributed by atoms with Crippen molar-refractivity contribution in [2.75, 3.05) is 7.05 Å². The van der Waals surface area contributed by atoms with Crippen molar-refractivity contribution in [3.05, 3.63) is 28.8 Å². The maximum absolute atomic E-state index is 9.33. The number of nitrogens with one attached hydrogen (secondary N) is 1. The smallest absolute Gasteiger partial charge is 0.134 e. The van der Waals surface area contributed by atoms with Crippen LogP contribution >= 0.6 is 11.6 Å². The molecule has 0 spiro atoms. The first kappa shape index (κ1) is 10.4. The average Bonchev–Trinajstić information content (AvgIpc) is 2.13. The summed E-state index contributed by atoms with van der Waals surface area (Å²) in [5, 5.41) is 12.9. The quantitative estimate of drug-likeness (QED) is 0.783. The highest BCUT2D eigenvalue weighted by Crippen LogP contribution is 2.27. The van der Waals surface area contributed by atoms with Crippen LogP contribution in [0.2, 0.25) is 5.02 Å². The second kappa shape index (κ2) is 4.49. The van der Waals surface area contributed by atoms with Crippen molar-refractivity contribution >= 4 is 11.6 Å². The van der Waals surface area contributed by atoms with Gasteiger partial charge in [-0.15, -0.1) is 0 Å². The molecule has 1 aromatic rings. The number of likely N-dealkylation sites (N-methyl/N-ethyl adjacent to an activating group) is 1. The molecule has 0 aliphatic rings. The number of aromatic hydroxyl groups is 1. The van der Waals surface area contributed by atoms with Gasteiger partial charge in [-0.1, -0.05) is 23.7 Å². The second-order valence-corrected chi connectivity index (χ2v) is 3.52. The number of phenols is 1. The van der Waals surface area contributed by atoms with Crippen LogP contribution in [-0.4, -0.2) is 18.2 Å². The molecule has 0 saturated carbocycles. The molecule has 0 saturated heterocycles. The standard InChI is InChI=1S/C10H14ClNO/c1-7(12-2)6-8-4-3-5-9(13)10(8)11/h3-5,7,12-13H,6H2,1-2H3. The lowest BCUT2D eigenvalue weighted by Crippen LogP contribution is -2.23. The Balaban J connectivity index is 2.83. The fourth-order valence-electron chi connectivity index (χ4n) is 1.16. The minimum absolute atomic E-state index is 0.155. The lowest BCUT2D eigenvalue weighted by atomic mass is 10.1. The molecule has 2 N–H and O–H groups in total. The van der Waals surface area contributed by atoms with Crippen molar-refractivity contribution in [1.29, 1.82) is 0 Å². The predicted molar refractivity (Wildman–Crippen MR) is 55.3 cm³/mol. The summed E-state index contributed by atoms with van der Waals surface area (Å²) in [6.07, 6.45) is 0.823. The van der Waals surface area contributed by atoms with Gasteiger partial charge in [0, 0.05) is 6.04 Å². The Morgan fingerprint density at radius 3 is 2.85 bits per heavy atom. The summed E-state index contributed by atoms with van der Waals surface area (Å²) in [4.78, 5) is 0. The fraction of sp³-hybridized carbons (Fsp3) is 0.400. The van der Waals surface area contributed by atoms with E-state index in [2.05, 4.69) is 12.2 Å². The summed E-state index contributed by atoms with van der Waals surface area (Å²) < 4.78 is 0. The molecule has 0 aliphatic carbocycles. The number of rotatable bonds is 3. The van der Waals surface area contributed by atoms with Crippen LogP contribution in [-0.2, 0) is 6.42 Å². The number of halogens is 1. The van der Waals surface area contributed by atoms with Crippen LogP contribution in [0.25, 0.3) is 0 Å². The van der Waals surface area contributed by atoms with E-state index in [0.717, 1.165) is 12.0 Å². The zero-order chi connectivity index (χ0) is 9.84. The third-order valence-electron chi connectivity index (χ3n) is 2.08. The first-order chi connectivity index (χ1) is 6.15. The maximum atomic E-state index is 9.33. The first-order valence-electron chi connectivity index (χ1n) is 4.28. The van der Waals surface area contributed by atoms with Crippen molar-refractivity contribution in [3.8, 4) is 5.75 Å². The summed E-state index contributed by atoms with van der Waals surface area (Å²) in [6.45, 7) is 2.07. The van der Waals surface area contributed by atoms with Gasteiger partial charge in [-0.25, -0.2) is 0 Å². The van der Waals surface area contributed by atoms with E-state index in [0.29, 0.717) is 11.1 Å². The van der Waals surface area contributed by atoms with Crippen LogP contribution in [0, 0.1) is 0 Å². The SMILES string of the molecule is CNC(C)Cc1cccc(O)c1Cl. The molecule has 0 radical (unpaired) electrons. The molecule has 0 aliphatic heterocycles. The predicted octanol–water partition coefficient (Wildman–Crippen LogP) is 2.20. The van der Waals surface area contributed by atoms with Gasteiger partial charge in [-0.3, -0.25) is 0 Å². The molecule has 0 aromatic heterocycles. The van der Waals surface area contributed by atoms with E-state index in [9.17, 15) is 5.11 Å². The normalized spacial score (nSPS) is 12.8. The maximum Gasteiger partial charge on any atom is 0.134 e. The van der Waals surface area contributed by atoms with Gasteiger partial charge >= 0.3 is 0 Å². The Bertz CT molecular complexity index is 288. The summed E-state index contributed by atoms with van der Waals surface area (Å²) >= 11 is 5.92. The molecule has 0 amide bonds. The molecule has 13 heavy (non-hydrogen) atoms. The molecule has 0 fully saturated rings. The van der Waals surface area contributed by atoms with Gasteiger partial charge in [0.25, 0.3) is 0 Å². The van der Waals surface area contributed by atoms with Gasteiger partial charge in [0.15, 0.2) is 0 Å². The Morgan fingerprint density at radius 2 is 2.23 bits per heavy atom. The lowest BCUT2D eigenvalue weighted by Gasteiger charge is -2.11. The second-order valence-electron chi connectivity index (χ2n) is 3.14. The third kappa shape index (κ3) is 2.61. The minimum atomic E-state index is 0.155. The Morgan fingerprint density at radius 1 is 1.54 bits per heavy atom. The van der Waals surface area contributed by atoms with Gasteiger partial charge in [0.1, 0.15) is 5.75 Å². The van der Waals surface area contributed by atoms with E-state index in [4.69, 9.17) is 11.6 Å². The molecular weight excluding hydrogens is 186 g/mol. The highest BCUT2D eigenvalue weighted by molar-refractivity contribution is 6.32. The number of benzene rings is 1. The largest absolute Gasteiger partial charge is 0.506 e. The van der Waals surface area contributed by atoms with Crippen molar-refractivity contribution in [1.82, 2.24) is 5.32 Å². The highest BCUT2D eigenvalue weighted by Gasteiger charge is 2.07. The topological polar surface area (TPSA) is 32.3 Å². The molecular formula is C10H14ClNO. The molecule has 0 bridgehead atoms. The number of phenolic OH excluding ortho intramolecular Hbond substituents is 1. The third-order valence-corrected chi connectivity index (χ3v) is 2.51. The van der Waals surface area contributed by atoms with Crippen LogP contribution in [0.4, 0.5) is 0 Å². The van der Waals surface area contributed by atoms with Crippen LogP contribution < -0.4 is 5.32 Å². The molecule has 1 aromatic carbocycles. The highest BCUT2D eigenvalue weighted by atomic mass is 35.5. The molecule has 72 valence electrons. The molecule has 0 heterocycles. The molecule has 2 nitrogen and oxygen atoms in total. The Labute approximate surface area is 83.5 Å². The van der Waals surface area contributed by atoms with Crippen molar-refractivity contribution in [3.63, 3.8) is 0 Å². The fourth-order valence-corrected chi connectivity index (χ4v) is 1.36. The van der Waals surface area contributed by atoms with Gasteiger partial charge in [-0.2, -0.15) is 0 Å². The summed E-state index contributed by atoms with van der Waals surface area (Å²) in [7, 11) is 1.90. The average molecular weight is 200 g/mol. The number of hydrogen-bond donors (Lipinski definition) is 2.